The summed E-state index contributed by atoms with van der Waals surface area (Å²) < 4.78 is 28.4. The SMILES string of the molecule is COc1cc(-c2cnc(N)c(-c3ccc(NC(=O)C4=CN(CC5CCOCC5)C=C(c5ccc(C)cc5)C4O)cc3)c2)ccc1OC[C@H]1COCCO1. The van der Waals surface area contributed by atoms with Gasteiger partial charge in [0.25, 0.3) is 5.91 Å². The van der Waals surface area contributed by atoms with Crippen molar-refractivity contribution in [3.63, 3.8) is 0 Å². The van der Waals surface area contributed by atoms with Crippen LogP contribution in [-0.4, -0.2) is 86.4 Å². The third kappa shape index (κ3) is 8.72. The van der Waals surface area contributed by atoms with Gasteiger partial charge in [0.1, 0.15) is 24.6 Å². The van der Waals surface area contributed by atoms with Crippen LogP contribution in [0.1, 0.15) is 24.0 Å². The number of carbonyl (C=O) groups excluding carboxylic acids is 1. The predicted molar refractivity (Wildman–Crippen MR) is 204 cm³/mol. The van der Waals surface area contributed by atoms with Gasteiger partial charge in [-0.3, -0.25) is 4.79 Å². The number of nitrogens with one attached hydrogen (secondary N) is 1. The van der Waals surface area contributed by atoms with Crippen LogP contribution >= 0.6 is 0 Å². The Morgan fingerprint density at radius 2 is 1.66 bits per heavy atom. The number of aliphatic hydroxyl groups excluding tert-OH is 1. The summed E-state index contributed by atoms with van der Waals surface area (Å²) in [6.45, 7) is 6.24. The van der Waals surface area contributed by atoms with Gasteiger partial charge in [-0.15, -0.1) is 0 Å². The van der Waals surface area contributed by atoms with Crippen molar-refractivity contribution >= 4 is 23.0 Å². The maximum atomic E-state index is 13.8. The van der Waals surface area contributed by atoms with Crippen molar-refractivity contribution < 1.29 is 33.6 Å². The molecule has 3 aromatic carbocycles. The summed E-state index contributed by atoms with van der Waals surface area (Å²) in [6, 6.07) is 23.1. The van der Waals surface area contributed by atoms with Gasteiger partial charge < -0.3 is 44.7 Å². The van der Waals surface area contributed by atoms with Gasteiger partial charge in [-0.25, -0.2) is 4.98 Å². The number of ether oxygens (including phenoxy) is 5. The number of nitrogen functional groups attached to an aromatic ring is 1. The molecule has 11 heteroatoms. The summed E-state index contributed by atoms with van der Waals surface area (Å²) in [5, 5.41) is 14.5. The van der Waals surface area contributed by atoms with Crippen LogP contribution in [0.3, 0.4) is 0 Å². The highest BCUT2D eigenvalue weighted by Gasteiger charge is 2.30. The fraction of sp³-hybridized carbons (Fsp3) is 0.333. The van der Waals surface area contributed by atoms with Crippen LogP contribution in [0, 0.1) is 12.8 Å². The number of nitrogens with zero attached hydrogens (tertiary/aromatic N) is 2. The molecule has 2 saturated heterocycles. The zero-order valence-corrected chi connectivity index (χ0v) is 30.1. The number of aryl methyl sites for hydroxylation is 1. The van der Waals surface area contributed by atoms with Crippen LogP contribution in [0.25, 0.3) is 27.8 Å². The fourth-order valence-electron chi connectivity index (χ4n) is 6.78. The lowest BCUT2D eigenvalue weighted by Crippen LogP contribution is -2.34. The maximum absolute atomic E-state index is 13.8. The van der Waals surface area contributed by atoms with Gasteiger partial charge in [0, 0.05) is 60.7 Å². The minimum absolute atomic E-state index is 0.126. The summed E-state index contributed by atoms with van der Waals surface area (Å²) >= 11 is 0. The van der Waals surface area contributed by atoms with E-state index in [1.54, 1.807) is 19.5 Å². The molecule has 4 heterocycles. The number of rotatable bonds is 11. The Morgan fingerprint density at radius 1 is 0.906 bits per heavy atom. The quantitative estimate of drug-likeness (QED) is 0.168. The number of hydrogen-bond donors (Lipinski definition) is 3. The number of benzene rings is 3. The van der Waals surface area contributed by atoms with Gasteiger partial charge in [0.2, 0.25) is 0 Å². The molecule has 53 heavy (non-hydrogen) atoms. The molecule has 11 nitrogen and oxygen atoms in total. The van der Waals surface area contributed by atoms with Crippen molar-refractivity contribution in [1.29, 1.82) is 0 Å². The van der Waals surface area contributed by atoms with Crippen LogP contribution in [0.2, 0.25) is 0 Å². The number of aromatic nitrogens is 1. The Bertz CT molecular complexity index is 1950. The number of amides is 1. The highest BCUT2D eigenvalue weighted by atomic mass is 16.6. The van der Waals surface area contributed by atoms with E-state index >= 15 is 0 Å². The molecule has 2 fully saturated rings. The second-order valence-electron chi connectivity index (χ2n) is 13.6. The molecule has 0 aliphatic carbocycles. The Morgan fingerprint density at radius 3 is 2.40 bits per heavy atom. The molecule has 0 spiro atoms. The molecule has 0 bridgehead atoms. The molecule has 2 atom stereocenters. The van der Waals surface area contributed by atoms with Crippen molar-refractivity contribution in [3.05, 3.63) is 108 Å². The summed E-state index contributed by atoms with van der Waals surface area (Å²) in [7, 11) is 1.60. The summed E-state index contributed by atoms with van der Waals surface area (Å²) in [6.07, 6.45) is 6.16. The van der Waals surface area contributed by atoms with Crippen LogP contribution in [0.4, 0.5) is 11.5 Å². The van der Waals surface area contributed by atoms with Crippen molar-refractivity contribution in [2.45, 2.75) is 32.0 Å². The highest BCUT2D eigenvalue weighted by molar-refractivity contribution is 6.07. The smallest absolute Gasteiger partial charge is 0.256 e. The van der Waals surface area contributed by atoms with E-state index in [1.807, 2.05) is 90.8 Å². The van der Waals surface area contributed by atoms with Gasteiger partial charge in [-0.05, 0) is 72.7 Å². The number of aliphatic hydroxyl groups is 1. The molecule has 276 valence electrons. The average Bonchev–Trinajstić information content (AvgIpc) is 3.19. The van der Waals surface area contributed by atoms with E-state index in [0.29, 0.717) is 60.9 Å². The summed E-state index contributed by atoms with van der Waals surface area (Å²) in [5.41, 5.74) is 13.2. The molecule has 1 unspecified atom stereocenters. The Hall–Kier alpha value is -5.20. The van der Waals surface area contributed by atoms with E-state index < -0.39 is 6.10 Å². The number of nitrogens with two attached hydrogens (primary N) is 1. The molecule has 4 N–H and O–H groups in total. The van der Waals surface area contributed by atoms with Gasteiger partial charge in [-0.1, -0.05) is 48.0 Å². The molecular formula is C42H46N4O7. The molecule has 0 saturated carbocycles. The minimum atomic E-state index is -1.09. The van der Waals surface area contributed by atoms with Crippen LogP contribution < -0.4 is 20.5 Å². The predicted octanol–water partition coefficient (Wildman–Crippen LogP) is 6.08. The largest absolute Gasteiger partial charge is 0.493 e. The van der Waals surface area contributed by atoms with Crippen LogP contribution in [0.15, 0.2) is 97.0 Å². The third-order valence-corrected chi connectivity index (χ3v) is 9.83. The lowest BCUT2D eigenvalue weighted by atomic mass is 9.92. The first kappa shape index (κ1) is 36.2. The standard InChI is InChI=1S/C42H46N4O7/c1-27-3-5-30(6-4-27)36-23-46(22-28-13-15-50-16-14-28)24-37(40(36)47)42(48)45-33-10-7-29(8-11-33)35-19-32(21-44-41(35)43)31-9-12-38(39(20-31)49-2)53-26-34-25-51-17-18-52-34/h3-12,19-21,23-24,28,34,40,47H,13-18,22,25-26H2,1-2H3,(H2,43,44)(H,45,48)/t34-,40?/m1/s1. The summed E-state index contributed by atoms with van der Waals surface area (Å²) in [5.74, 6) is 1.63. The minimum Gasteiger partial charge on any atom is -0.493 e. The van der Waals surface area contributed by atoms with Crippen molar-refractivity contribution in [3.8, 4) is 33.8 Å². The van der Waals surface area contributed by atoms with Crippen LogP contribution in [-0.2, 0) is 19.0 Å². The average molecular weight is 719 g/mol. The number of pyridine rings is 1. The zero-order chi connectivity index (χ0) is 36.7. The monoisotopic (exact) mass is 718 g/mol. The fourth-order valence-corrected chi connectivity index (χ4v) is 6.78. The van der Waals surface area contributed by atoms with Crippen molar-refractivity contribution in [2.24, 2.45) is 5.92 Å². The van der Waals surface area contributed by atoms with Gasteiger partial charge in [0.15, 0.2) is 11.5 Å². The number of carbonyl (C=O) groups is 1. The Labute approximate surface area is 310 Å². The van der Waals surface area contributed by atoms with Gasteiger partial charge >= 0.3 is 0 Å². The molecule has 7 rings (SSSR count). The second-order valence-corrected chi connectivity index (χ2v) is 13.6. The lowest BCUT2D eigenvalue weighted by molar-refractivity contribution is -0.113. The highest BCUT2D eigenvalue weighted by Crippen LogP contribution is 2.36. The molecule has 1 aromatic heterocycles. The molecule has 4 aromatic rings. The maximum Gasteiger partial charge on any atom is 0.256 e. The normalized spacial score (nSPS) is 19.3. The number of hydrogen-bond acceptors (Lipinski definition) is 10. The van der Waals surface area contributed by atoms with Crippen molar-refractivity contribution in [1.82, 2.24) is 9.88 Å². The first-order valence-corrected chi connectivity index (χ1v) is 18.0. The molecule has 1 amide bonds. The second kappa shape index (κ2) is 16.6. The van der Waals surface area contributed by atoms with Crippen molar-refractivity contribution in [2.75, 3.05) is 64.3 Å². The van der Waals surface area contributed by atoms with E-state index in [4.69, 9.17) is 29.4 Å². The van der Waals surface area contributed by atoms with Gasteiger partial charge in [0.05, 0.1) is 32.5 Å². The first-order chi connectivity index (χ1) is 25.8. The summed E-state index contributed by atoms with van der Waals surface area (Å²) in [4.78, 5) is 20.3. The van der Waals surface area contributed by atoms with Gasteiger partial charge in [-0.2, -0.15) is 0 Å². The lowest BCUT2D eigenvalue weighted by Gasteiger charge is -2.32. The number of methoxy groups -OCH3 is 1. The third-order valence-electron chi connectivity index (χ3n) is 9.83. The topological polar surface area (TPSA) is 138 Å². The first-order valence-electron chi connectivity index (χ1n) is 18.0. The zero-order valence-electron chi connectivity index (χ0n) is 30.1. The molecule has 0 radical (unpaired) electrons. The molecule has 3 aliphatic rings. The molecular weight excluding hydrogens is 672 g/mol. The van der Waals surface area contributed by atoms with E-state index in [0.717, 1.165) is 66.0 Å². The van der Waals surface area contributed by atoms with E-state index in [-0.39, 0.29) is 17.6 Å². The van der Waals surface area contributed by atoms with E-state index in [2.05, 4.69) is 10.3 Å². The Kier molecular flexibility index (Phi) is 11.4. The van der Waals surface area contributed by atoms with Crippen LogP contribution in [0.5, 0.6) is 11.5 Å². The van der Waals surface area contributed by atoms with E-state index in [9.17, 15) is 9.90 Å². The molecule has 3 aliphatic heterocycles. The number of anilines is 2. The van der Waals surface area contributed by atoms with E-state index in [1.165, 1.54) is 0 Å². The Balaban J connectivity index is 1.06.